The number of benzene rings is 1. The summed E-state index contributed by atoms with van der Waals surface area (Å²) in [6.07, 6.45) is 1.08. The second-order valence-electron chi connectivity index (χ2n) is 7.00. The summed E-state index contributed by atoms with van der Waals surface area (Å²) in [6.45, 7) is 8.80. The average molecular weight is 341 g/mol. The van der Waals surface area contributed by atoms with E-state index in [0.29, 0.717) is 6.61 Å². The number of hydrogen-bond donors (Lipinski definition) is 1. The monoisotopic (exact) mass is 340 g/mol. The van der Waals surface area contributed by atoms with Gasteiger partial charge >= 0.3 is 0 Å². The maximum atomic E-state index is 12.9. The molecule has 0 heterocycles. The van der Waals surface area contributed by atoms with Crippen LogP contribution in [0.5, 0.6) is 0 Å². The lowest BCUT2D eigenvalue weighted by Crippen LogP contribution is -2.65. The summed E-state index contributed by atoms with van der Waals surface area (Å²) in [5, 5.41) is 0. The Labute approximate surface area is 145 Å². The van der Waals surface area contributed by atoms with E-state index in [-0.39, 0.29) is 35.9 Å². The van der Waals surface area contributed by atoms with Crippen LogP contribution in [-0.4, -0.2) is 36.6 Å². The van der Waals surface area contributed by atoms with Crippen molar-refractivity contribution < 1.29 is 9.53 Å². The van der Waals surface area contributed by atoms with Crippen molar-refractivity contribution in [1.29, 1.82) is 0 Å². The first-order chi connectivity index (χ1) is 10.2. The molecule has 0 spiro atoms. The highest BCUT2D eigenvalue weighted by Crippen LogP contribution is 2.46. The van der Waals surface area contributed by atoms with Crippen molar-refractivity contribution in [3.63, 3.8) is 0 Å². The topological polar surface area (TPSA) is 55.6 Å². The highest BCUT2D eigenvalue weighted by Gasteiger charge is 2.53. The van der Waals surface area contributed by atoms with Crippen LogP contribution in [0.2, 0.25) is 0 Å². The summed E-state index contributed by atoms with van der Waals surface area (Å²) in [5.74, 6) is -0.0493. The number of amides is 1. The summed E-state index contributed by atoms with van der Waals surface area (Å²) in [5.41, 5.74) is 6.14. The average Bonchev–Trinajstić information content (AvgIpc) is 2.50. The van der Waals surface area contributed by atoms with Gasteiger partial charge in [-0.15, -0.1) is 12.4 Å². The minimum absolute atomic E-state index is 0. The van der Waals surface area contributed by atoms with Crippen LogP contribution in [-0.2, 0) is 15.1 Å². The van der Waals surface area contributed by atoms with Crippen LogP contribution in [0.15, 0.2) is 30.3 Å². The molecule has 1 aromatic carbocycles. The lowest BCUT2D eigenvalue weighted by atomic mass is 9.63. The van der Waals surface area contributed by atoms with Crippen molar-refractivity contribution in [2.45, 2.75) is 51.8 Å². The largest absolute Gasteiger partial charge is 0.378 e. The molecule has 0 aliphatic heterocycles. The van der Waals surface area contributed by atoms with E-state index >= 15 is 0 Å². The molecular formula is C18H29ClN2O2. The predicted octanol–water partition coefficient (Wildman–Crippen LogP) is 2.94. The molecule has 3 atom stereocenters. The second kappa shape index (κ2) is 7.20. The molecule has 4 nitrogen and oxygen atoms in total. The number of nitrogens with zero attached hydrogens (tertiary/aromatic N) is 1. The molecule has 0 saturated heterocycles. The zero-order chi connectivity index (χ0) is 16.5. The molecule has 0 radical (unpaired) electrons. The highest BCUT2D eigenvalue weighted by atomic mass is 35.5. The Morgan fingerprint density at radius 1 is 1.39 bits per heavy atom. The van der Waals surface area contributed by atoms with E-state index in [1.54, 1.807) is 6.92 Å². The third kappa shape index (κ3) is 3.54. The fraction of sp³-hybridized carbons (Fsp3) is 0.611. The number of likely N-dealkylation sites (N-methyl/N-ethyl adjacent to an activating group) is 1. The minimum Gasteiger partial charge on any atom is -0.378 e. The van der Waals surface area contributed by atoms with E-state index in [0.717, 1.165) is 12.0 Å². The van der Waals surface area contributed by atoms with E-state index in [4.69, 9.17) is 10.5 Å². The molecule has 5 heteroatoms. The van der Waals surface area contributed by atoms with E-state index in [1.807, 2.05) is 49.2 Å². The summed E-state index contributed by atoms with van der Waals surface area (Å²) < 4.78 is 5.75. The quantitative estimate of drug-likeness (QED) is 0.896. The van der Waals surface area contributed by atoms with Crippen molar-refractivity contribution in [2.75, 3.05) is 13.7 Å². The molecule has 1 saturated carbocycles. The zero-order valence-electron chi connectivity index (χ0n) is 14.7. The molecular weight excluding hydrogens is 312 g/mol. The van der Waals surface area contributed by atoms with Gasteiger partial charge in [-0.2, -0.15) is 0 Å². The van der Waals surface area contributed by atoms with Crippen molar-refractivity contribution in [2.24, 2.45) is 11.1 Å². The van der Waals surface area contributed by atoms with Gasteiger partial charge in [0.15, 0.2) is 0 Å². The third-order valence-corrected chi connectivity index (χ3v) is 5.10. The van der Waals surface area contributed by atoms with Crippen LogP contribution in [0.4, 0.5) is 0 Å². The Hall–Kier alpha value is -1.10. The molecule has 1 aromatic rings. The van der Waals surface area contributed by atoms with Gasteiger partial charge < -0.3 is 15.4 Å². The Bertz CT molecular complexity index is 531. The minimum atomic E-state index is -1.01. The fourth-order valence-corrected chi connectivity index (χ4v) is 3.42. The Kier molecular flexibility index (Phi) is 6.25. The van der Waals surface area contributed by atoms with Crippen molar-refractivity contribution in [1.82, 2.24) is 4.90 Å². The number of halogens is 1. The zero-order valence-corrected chi connectivity index (χ0v) is 15.5. The van der Waals surface area contributed by atoms with Gasteiger partial charge in [0.05, 0.1) is 6.10 Å². The van der Waals surface area contributed by atoms with Gasteiger partial charge in [0, 0.05) is 25.1 Å². The Balaban J connectivity index is 0.00000264. The predicted molar refractivity (Wildman–Crippen MR) is 95.6 cm³/mol. The number of nitrogens with two attached hydrogens (primary N) is 1. The Morgan fingerprint density at radius 3 is 2.43 bits per heavy atom. The molecule has 23 heavy (non-hydrogen) atoms. The number of carbonyl (C=O) groups excluding carboxylic acids is 1. The summed E-state index contributed by atoms with van der Waals surface area (Å²) in [7, 11) is 1.85. The number of rotatable bonds is 5. The maximum absolute atomic E-state index is 12.9. The van der Waals surface area contributed by atoms with Gasteiger partial charge in [0.1, 0.15) is 5.54 Å². The molecule has 1 fully saturated rings. The molecule has 1 aliphatic carbocycles. The summed E-state index contributed by atoms with van der Waals surface area (Å²) in [6, 6.07) is 9.71. The summed E-state index contributed by atoms with van der Waals surface area (Å²) in [4.78, 5) is 14.7. The molecule has 3 unspecified atom stereocenters. The maximum Gasteiger partial charge on any atom is 0.246 e. The van der Waals surface area contributed by atoms with Crippen LogP contribution in [0.1, 0.15) is 39.7 Å². The van der Waals surface area contributed by atoms with Crippen LogP contribution in [0.3, 0.4) is 0 Å². The van der Waals surface area contributed by atoms with Crippen LogP contribution in [0, 0.1) is 5.41 Å². The lowest BCUT2D eigenvalue weighted by molar-refractivity contribution is -0.167. The fourth-order valence-electron chi connectivity index (χ4n) is 3.42. The normalized spacial score (nSPS) is 24.8. The highest BCUT2D eigenvalue weighted by molar-refractivity contribution is 5.87. The first-order valence-corrected chi connectivity index (χ1v) is 7.96. The van der Waals surface area contributed by atoms with Gasteiger partial charge in [-0.05, 0) is 25.8 Å². The van der Waals surface area contributed by atoms with Gasteiger partial charge in [-0.25, -0.2) is 0 Å². The lowest BCUT2D eigenvalue weighted by Gasteiger charge is -2.55. The first kappa shape index (κ1) is 19.9. The van der Waals surface area contributed by atoms with E-state index in [1.165, 1.54) is 0 Å². The number of ether oxygens (including phenoxy) is 1. The van der Waals surface area contributed by atoms with Gasteiger partial charge in [-0.3, -0.25) is 4.79 Å². The molecule has 1 aliphatic rings. The van der Waals surface area contributed by atoms with Crippen LogP contribution in [0.25, 0.3) is 0 Å². The SMILES string of the molecule is CCOC1CC(N(C)C(=O)C(C)(N)c2ccccc2)C1(C)C.Cl. The Morgan fingerprint density at radius 2 is 1.96 bits per heavy atom. The second-order valence-corrected chi connectivity index (χ2v) is 7.00. The number of hydrogen-bond acceptors (Lipinski definition) is 3. The van der Waals surface area contributed by atoms with Gasteiger partial charge in [-0.1, -0.05) is 44.2 Å². The molecule has 130 valence electrons. The standard InChI is InChI=1S/C18H28N2O2.ClH/c1-6-22-15-12-14(17(15,2)3)20(5)16(21)18(4,19)13-10-8-7-9-11-13;/h7-11,14-15H,6,12,19H2,1-5H3;1H. The van der Waals surface area contributed by atoms with Crippen LogP contribution >= 0.6 is 12.4 Å². The van der Waals surface area contributed by atoms with Crippen molar-refractivity contribution in [3.05, 3.63) is 35.9 Å². The number of carbonyl (C=O) groups is 1. The third-order valence-electron chi connectivity index (χ3n) is 5.10. The van der Waals surface area contributed by atoms with Crippen molar-refractivity contribution >= 4 is 18.3 Å². The summed E-state index contributed by atoms with van der Waals surface area (Å²) >= 11 is 0. The van der Waals surface area contributed by atoms with Gasteiger partial charge in [0.2, 0.25) is 5.91 Å². The van der Waals surface area contributed by atoms with Crippen LogP contribution < -0.4 is 5.73 Å². The molecule has 0 aromatic heterocycles. The molecule has 2 N–H and O–H groups in total. The first-order valence-electron chi connectivity index (χ1n) is 7.96. The molecule has 2 rings (SSSR count). The molecule has 0 bridgehead atoms. The van der Waals surface area contributed by atoms with E-state index < -0.39 is 5.54 Å². The molecule has 1 amide bonds. The van der Waals surface area contributed by atoms with Crippen molar-refractivity contribution in [3.8, 4) is 0 Å². The van der Waals surface area contributed by atoms with E-state index in [2.05, 4.69) is 13.8 Å². The van der Waals surface area contributed by atoms with Gasteiger partial charge in [0.25, 0.3) is 0 Å². The van der Waals surface area contributed by atoms with E-state index in [9.17, 15) is 4.79 Å². The smallest absolute Gasteiger partial charge is 0.246 e.